The highest BCUT2D eigenvalue weighted by Gasteiger charge is 2.24. The van der Waals surface area contributed by atoms with Crippen LogP contribution < -0.4 is 0 Å². The van der Waals surface area contributed by atoms with Crippen LogP contribution in [0.4, 0.5) is 0 Å². The molecule has 0 saturated heterocycles. The Hall–Kier alpha value is -1.15. The number of rotatable bonds is 4. The van der Waals surface area contributed by atoms with Crippen LogP contribution in [0.2, 0.25) is 0 Å². The van der Waals surface area contributed by atoms with Crippen molar-refractivity contribution in [2.75, 3.05) is 0 Å². The Labute approximate surface area is 103 Å². The van der Waals surface area contributed by atoms with E-state index in [4.69, 9.17) is 4.74 Å². The van der Waals surface area contributed by atoms with Crippen LogP contribution in [0.1, 0.15) is 38.2 Å². The molecule has 1 aromatic carbocycles. The van der Waals surface area contributed by atoms with Gasteiger partial charge in [0.2, 0.25) is 0 Å². The summed E-state index contributed by atoms with van der Waals surface area (Å²) in [6.07, 6.45) is 4.38. The molecular weight excluding hydrogens is 212 g/mol. The summed E-state index contributed by atoms with van der Waals surface area (Å²) in [5.74, 6) is 0.623. The molecule has 0 unspecified atom stereocenters. The van der Waals surface area contributed by atoms with E-state index in [1.807, 2.05) is 18.2 Å². The van der Waals surface area contributed by atoms with Crippen molar-refractivity contribution in [3.8, 4) is 0 Å². The van der Waals surface area contributed by atoms with Gasteiger partial charge in [0, 0.05) is 5.92 Å². The van der Waals surface area contributed by atoms with Gasteiger partial charge in [0.1, 0.15) is 5.78 Å². The van der Waals surface area contributed by atoms with Gasteiger partial charge in [0.25, 0.3) is 0 Å². The molecule has 0 N–H and O–H groups in total. The van der Waals surface area contributed by atoms with Gasteiger partial charge >= 0.3 is 0 Å². The van der Waals surface area contributed by atoms with E-state index in [0.29, 0.717) is 18.5 Å². The topological polar surface area (TPSA) is 26.3 Å². The zero-order valence-corrected chi connectivity index (χ0v) is 10.4. The van der Waals surface area contributed by atoms with Gasteiger partial charge < -0.3 is 4.74 Å². The number of ketones is 1. The van der Waals surface area contributed by atoms with Crippen molar-refractivity contribution in [3.63, 3.8) is 0 Å². The first kappa shape index (κ1) is 12.3. The van der Waals surface area contributed by atoms with Gasteiger partial charge in [-0.2, -0.15) is 0 Å². The fourth-order valence-corrected chi connectivity index (χ4v) is 2.42. The van der Waals surface area contributed by atoms with Crippen molar-refractivity contribution in [2.24, 2.45) is 5.92 Å². The summed E-state index contributed by atoms with van der Waals surface area (Å²) in [4.78, 5) is 11.2. The van der Waals surface area contributed by atoms with E-state index in [0.717, 1.165) is 25.7 Å². The summed E-state index contributed by atoms with van der Waals surface area (Å²) in [5, 5.41) is 0. The summed E-state index contributed by atoms with van der Waals surface area (Å²) in [6.45, 7) is 2.39. The predicted molar refractivity (Wildman–Crippen MR) is 67.7 cm³/mol. The SMILES string of the molecule is CC(=O)[C@H]1CC[C@H](OCc2ccccc2)CC1. The normalized spacial score (nSPS) is 24.5. The molecule has 0 aliphatic heterocycles. The molecule has 1 aromatic rings. The molecule has 0 bridgehead atoms. The second-order valence-electron chi connectivity index (χ2n) is 4.88. The number of carbonyl (C=O) groups excluding carboxylic acids is 1. The van der Waals surface area contributed by atoms with E-state index < -0.39 is 0 Å². The monoisotopic (exact) mass is 232 g/mol. The largest absolute Gasteiger partial charge is 0.374 e. The summed E-state index contributed by atoms with van der Waals surface area (Å²) < 4.78 is 5.89. The van der Waals surface area contributed by atoms with E-state index >= 15 is 0 Å². The van der Waals surface area contributed by atoms with E-state index in [1.165, 1.54) is 5.56 Å². The zero-order valence-electron chi connectivity index (χ0n) is 10.4. The smallest absolute Gasteiger partial charge is 0.132 e. The minimum atomic E-state index is 0.284. The van der Waals surface area contributed by atoms with Gasteiger partial charge in [-0.3, -0.25) is 4.79 Å². The highest BCUT2D eigenvalue weighted by molar-refractivity contribution is 5.78. The highest BCUT2D eigenvalue weighted by atomic mass is 16.5. The average Bonchev–Trinajstić information content (AvgIpc) is 2.38. The number of ether oxygens (including phenoxy) is 1. The van der Waals surface area contributed by atoms with Gasteiger partial charge in [-0.05, 0) is 38.2 Å². The maximum absolute atomic E-state index is 11.2. The minimum Gasteiger partial charge on any atom is -0.374 e. The maximum atomic E-state index is 11.2. The lowest BCUT2D eigenvalue weighted by molar-refractivity contribution is -0.122. The van der Waals surface area contributed by atoms with Crippen LogP contribution in [0, 0.1) is 5.92 Å². The standard InChI is InChI=1S/C15H20O2/c1-12(16)14-7-9-15(10-8-14)17-11-13-5-3-2-4-6-13/h2-6,14-15H,7-11H2,1H3/t14-,15-. The third-order valence-corrected chi connectivity index (χ3v) is 3.58. The summed E-state index contributed by atoms with van der Waals surface area (Å²) in [5.41, 5.74) is 1.22. The number of hydrogen-bond donors (Lipinski definition) is 0. The van der Waals surface area contributed by atoms with Crippen LogP contribution in [0.25, 0.3) is 0 Å². The number of carbonyl (C=O) groups is 1. The van der Waals surface area contributed by atoms with E-state index in [1.54, 1.807) is 6.92 Å². The van der Waals surface area contributed by atoms with Crippen molar-refractivity contribution in [2.45, 2.75) is 45.3 Å². The quantitative estimate of drug-likeness (QED) is 0.795. The zero-order chi connectivity index (χ0) is 12.1. The summed E-state index contributed by atoms with van der Waals surface area (Å²) >= 11 is 0. The molecular formula is C15H20O2. The number of hydrogen-bond acceptors (Lipinski definition) is 2. The Kier molecular flexibility index (Phi) is 4.32. The first-order valence-electron chi connectivity index (χ1n) is 6.41. The molecule has 0 aromatic heterocycles. The highest BCUT2D eigenvalue weighted by Crippen LogP contribution is 2.27. The van der Waals surface area contributed by atoms with E-state index in [2.05, 4.69) is 12.1 Å². The lowest BCUT2D eigenvalue weighted by Gasteiger charge is -2.27. The molecule has 1 aliphatic carbocycles. The predicted octanol–water partition coefficient (Wildman–Crippen LogP) is 3.35. The minimum absolute atomic E-state index is 0.284. The number of benzene rings is 1. The molecule has 0 atom stereocenters. The van der Waals surface area contributed by atoms with Gasteiger partial charge in [0.05, 0.1) is 12.7 Å². The van der Waals surface area contributed by atoms with Crippen LogP contribution in [0.15, 0.2) is 30.3 Å². The fraction of sp³-hybridized carbons (Fsp3) is 0.533. The first-order chi connectivity index (χ1) is 8.25. The fourth-order valence-electron chi connectivity index (χ4n) is 2.42. The molecule has 0 radical (unpaired) electrons. The van der Waals surface area contributed by atoms with Crippen LogP contribution in [-0.2, 0) is 16.1 Å². The molecule has 0 heterocycles. The molecule has 17 heavy (non-hydrogen) atoms. The Balaban J connectivity index is 1.74. The van der Waals surface area contributed by atoms with E-state index in [9.17, 15) is 4.79 Å². The third-order valence-electron chi connectivity index (χ3n) is 3.58. The van der Waals surface area contributed by atoms with Crippen molar-refractivity contribution < 1.29 is 9.53 Å². The molecule has 2 heteroatoms. The van der Waals surface area contributed by atoms with Gasteiger partial charge in [0.15, 0.2) is 0 Å². The molecule has 1 fully saturated rings. The van der Waals surface area contributed by atoms with Crippen LogP contribution >= 0.6 is 0 Å². The van der Waals surface area contributed by atoms with Gasteiger partial charge in [-0.25, -0.2) is 0 Å². The van der Waals surface area contributed by atoms with Crippen molar-refractivity contribution in [1.29, 1.82) is 0 Å². The summed E-state index contributed by atoms with van der Waals surface area (Å²) in [7, 11) is 0. The van der Waals surface area contributed by atoms with Crippen molar-refractivity contribution >= 4 is 5.78 Å². The lowest BCUT2D eigenvalue weighted by Crippen LogP contribution is -2.24. The van der Waals surface area contributed by atoms with Crippen LogP contribution in [0.3, 0.4) is 0 Å². The first-order valence-corrected chi connectivity index (χ1v) is 6.41. The molecule has 2 rings (SSSR count). The van der Waals surface area contributed by atoms with Crippen molar-refractivity contribution in [3.05, 3.63) is 35.9 Å². The molecule has 0 spiro atoms. The maximum Gasteiger partial charge on any atom is 0.132 e. The number of Topliss-reactive ketones (excluding diaryl/α,β-unsaturated/α-hetero) is 1. The van der Waals surface area contributed by atoms with Gasteiger partial charge in [-0.15, -0.1) is 0 Å². The lowest BCUT2D eigenvalue weighted by atomic mass is 9.85. The second-order valence-corrected chi connectivity index (χ2v) is 4.88. The van der Waals surface area contributed by atoms with E-state index in [-0.39, 0.29) is 5.92 Å². The molecule has 0 amide bonds. The second kappa shape index (κ2) is 5.97. The Morgan fingerprint density at radius 3 is 2.41 bits per heavy atom. The average molecular weight is 232 g/mol. The summed E-state index contributed by atoms with van der Waals surface area (Å²) in [6, 6.07) is 10.3. The Morgan fingerprint density at radius 2 is 1.82 bits per heavy atom. The third kappa shape index (κ3) is 3.67. The van der Waals surface area contributed by atoms with Crippen LogP contribution in [-0.4, -0.2) is 11.9 Å². The Morgan fingerprint density at radius 1 is 1.18 bits per heavy atom. The van der Waals surface area contributed by atoms with Gasteiger partial charge in [-0.1, -0.05) is 30.3 Å². The van der Waals surface area contributed by atoms with Crippen molar-refractivity contribution in [1.82, 2.24) is 0 Å². The molecule has 1 saturated carbocycles. The molecule has 1 aliphatic rings. The molecule has 92 valence electrons. The Bertz CT molecular complexity index is 350. The molecule has 2 nitrogen and oxygen atoms in total. The van der Waals surface area contributed by atoms with Crippen LogP contribution in [0.5, 0.6) is 0 Å².